The van der Waals surface area contributed by atoms with Crippen molar-refractivity contribution < 1.29 is 18.0 Å². The van der Waals surface area contributed by atoms with Crippen molar-refractivity contribution in [2.24, 2.45) is 11.0 Å². The van der Waals surface area contributed by atoms with Crippen LogP contribution in [-0.4, -0.2) is 23.4 Å². The number of hydrogen-bond donors (Lipinski definition) is 2. The van der Waals surface area contributed by atoms with Gasteiger partial charge < -0.3 is 10.3 Å². The molecule has 4 nitrogen and oxygen atoms in total. The number of oxime groups is 1. The van der Waals surface area contributed by atoms with Gasteiger partial charge in [0.2, 0.25) is 6.61 Å². The fourth-order valence-electron chi connectivity index (χ4n) is 2.71. The van der Waals surface area contributed by atoms with Crippen LogP contribution >= 0.6 is 34.8 Å². The molecule has 0 spiro atoms. The topological polar surface area (TPSA) is 59.6 Å². The molecule has 1 aromatic carbocycles. The first-order valence-electron chi connectivity index (χ1n) is 8.28. The van der Waals surface area contributed by atoms with Crippen LogP contribution in [0.2, 0.25) is 5.02 Å². The van der Waals surface area contributed by atoms with Crippen molar-refractivity contribution in [3.05, 3.63) is 51.5 Å². The number of alkyl halides is 4. The lowest BCUT2D eigenvalue weighted by Crippen LogP contribution is -2.17. The Morgan fingerprint density at radius 1 is 1.36 bits per heavy atom. The van der Waals surface area contributed by atoms with Crippen molar-refractivity contribution in [3.8, 4) is 0 Å². The van der Waals surface area contributed by atoms with E-state index < -0.39 is 17.7 Å². The van der Waals surface area contributed by atoms with Crippen molar-refractivity contribution >= 4 is 46.2 Å². The number of nitrogens with one attached hydrogen (secondary N) is 1. The van der Waals surface area contributed by atoms with Crippen molar-refractivity contribution in [2.75, 3.05) is 12.0 Å². The van der Waals surface area contributed by atoms with E-state index in [1.54, 1.807) is 24.3 Å². The number of benzene rings is 1. The molecule has 28 heavy (non-hydrogen) atoms. The predicted molar refractivity (Wildman–Crippen MR) is 108 cm³/mol. The molecule has 0 saturated carbocycles. The first kappa shape index (κ1) is 22.9. The Morgan fingerprint density at radius 3 is 2.68 bits per heavy atom. The van der Waals surface area contributed by atoms with Gasteiger partial charge in [0.05, 0.1) is 21.3 Å². The van der Waals surface area contributed by atoms with Crippen LogP contribution in [0.5, 0.6) is 0 Å². The molecule has 1 aliphatic carbocycles. The maximum absolute atomic E-state index is 12.4. The largest absolute Gasteiger partial charge is 0.425 e. The number of nitrogens with two attached hydrogens (primary N) is 1. The zero-order valence-corrected chi connectivity index (χ0v) is 17.2. The summed E-state index contributed by atoms with van der Waals surface area (Å²) < 4.78 is 37.2. The Balaban J connectivity index is 2.24. The normalized spacial score (nSPS) is 20.5. The van der Waals surface area contributed by atoms with Crippen LogP contribution in [0.25, 0.3) is 0 Å². The maximum Gasteiger partial charge on any atom is 0.425 e. The second-order valence-electron chi connectivity index (χ2n) is 6.53. The van der Waals surface area contributed by atoms with Crippen molar-refractivity contribution in [3.63, 3.8) is 0 Å². The Hall–Kier alpha value is -1.41. The van der Waals surface area contributed by atoms with E-state index >= 15 is 0 Å². The highest BCUT2D eigenvalue weighted by atomic mass is 35.5. The van der Waals surface area contributed by atoms with Gasteiger partial charge in [0.15, 0.2) is 0 Å². The van der Waals surface area contributed by atoms with E-state index in [-0.39, 0.29) is 0 Å². The van der Waals surface area contributed by atoms with E-state index in [1.165, 1.54) is 0 Å². The Morgan fingerprint density at radius 2 is 2.07 bits per heavy atom. The number of hydrogen-bond acceptors (Lipinski definition) is 4. The Bertz CT molecular complexity index is 805. The number of halogens is 6. The van der Waals surface area contributed by atoms with Gasteiger partial charge in [-0.3, -0.25) is 5.84 Å². The van der Waals surface area contributed by atoms with Gasteiger partial charge in [0.25, 0.3) is 0 Å². The molecule has 0 radical (unpaired) electrons. The average molecular weight is 457 g/mol. The first-order chi connectivity index (χ1) is 13.0. The standard InChI is InChI=1S/C18H19Cl3F3N3O/c1-17(21)8-11(6-13(19)9-17)2-5-15(27-28-10-18(22,23)24)12-3-4-14(20)16(7-12)26-25/h3-4,6-8,26H,2,5,9-10,25H2,1H3/b27-15+. The molecule has 0 aliphatic heterocycles. The Labute approximate surface area is 176 Å². The van der Waals surface area contributed by atoms with Gasteiger partial charge in [-0.15, -0.1) is 11.6 Å². The molecule has 0 aromatic heterocycles. The minimum atomic E-state index is -4.48. The smallest absolute Gasteiger partial charge is 0.386 e. The molecule has 1 aliphatic rings. The molecule has 10 heteroatoms. The number of rotatable bonds is 7. The lowest BCUT2D eigenvalue weighted by Gasteiger charge is -2.23. The number of allylic oxidation sites excluding steroid dienone is 4. The van der Waals surface area contributed by atoms with Crippen molar-refractivity contribution in [1.82, 2.24) is 0 Å². The second kappa shape index (κ2) is 9.39. The monoisotopic (exact) mass is 455 g/mol. The number of hydrazine groups is 1. The zero-order chi connectivity index (χ0) is 20.9. The molecule has 1 unspecified atom stereocenters. The lowest BCUT2D eigenvalue weighted by atomic mass is 9.93. The SMILES string of the molecule is CC1(Cl)C=C(CC/C(=N\OCC(F)(F)F)c2ccc(Cl)c(NN)c2)C=C(Cl)C1. The predicted octanol–water partition coefficient (Wildman–Crippen LogP) is 6.14. The summed E-state index contributed by atoms with van der Waals surface area (Å²) in [6.07, 6.45) is 0.459. The Kier molecular flexibility index (Phi) is 7.67. The average Bonchev–Trinajstić information content (AvgIpc) is 2.55. The molecule has 1 aromatic rings. The van der Waals surface area contributed by atoms with Crippen LogP contribution in [0.4, 0.5) is 18.9 Å². The number of nitrogen functional groups attached to an aromatic ring is 1. The van der Waals surface area contributed by atoms with Crippen LogP contribution in [0, 0.1) is 0 Å². The molecular weight excluding hydrogens is 438 g/mol. The van der Waals surface area contributed by atoms with Gasteiger partial charge in [-0.2, -0.15) is 13.2 Å². The molecule has 154 valence electrons. The highest BCUT2D eigenvalue weighted by Crippen LogP contribution is 2.35. The van der Waals surface area contributed by atoms with Gasteiger partial charge in [0, 0.05) is 17.0 Å². The van der Waals surface area contributed by atoms with Crippen molar-refractivity contribution in [2.45, 2.75) is 37.2 Å². The van der Waals surface area contributed by atoms with Crippen LogP contribution in [0.3, 0.4) is 0 Å². The minimum absolute atomic E-state index is 0.295. The first-order valence-corrected chi connectivity index (χ1v) is 9.41. The molecule has 2 rings (SSSR count). The van der Waals surface area contributed by atoms with Crippen LogP contribution < -0.4 is 11.3 Å². The molecule has 3 N–H and O–H groups in total. The molecule has 0 bridgehead atoms. The second-order valence-corrected chi connectivity index (χ2v) is 8.29. The van der Waals surface area contributed by atoms with E-state index in [4.69, 9.17) is 40.6 Å². The van der Waals surface area contributed by atoms with E-state index in [9.17, 15) is 13.2 Å². The summed E-state index contributed by atoms with van der Waals surface area (Å²) in [7, 11) is 0. The number of nitrogens with zero attached hydrogens (tertiary/aromatic N) is 1. The third-order valence-corrected chi connectivity index (χ3v) is 4.67. The van der Waals surface area contributed by atoms with E-state index in [1.807, 2.05) is 13.0 Å². The summed E-state index contributed by atoms with van der Waals surface area (Å²) >= 11 is 18.5. The third kappa shape index (κ3) is 7.20. The lowest BCUT2D eigenvalue weighted by molar-refractivity contribution is -0.173. The highest BCUT2D eigenvalue weighted by Gasteiger charge is 2.29. The van der Waals surface area contributed by atoms with E-state index in [0.29, 0.717) is 46.3 Å². The summed E-state index contributed by atoms with van der Waals surface area (Å²) in [5, 5.41) is 4.67. The van der Waals surface area contributed by atoms with Crippen LogP contribution in [-0.2, 0) is 4.84 Å². The van der Waals surface area contributed by atoms with Gasteiger partial charge in [-0.25, -0.2) is 0 Å². The van der Waals surface area contributed by atoms with Gasteiger partial charge in [0.1, 0.15) is 0 Å². The summed E-state index contributed by atoms with van der Waals surface area (Å²) in [5.41, 5.74) is 4.54. The van der Waals surface area contributed by atoms with E-state index in [0.717, 1.165) is 5.57 Å². The maximum atomic E-state index is 12.4. The molecular formula is C18H19Cl3F3N3O. The molecule has 0 fully saturated rings. The minimum Gasteiger partial charge on any atom is -0.386 e. The van der Waals surface area contributed by atoms with Crippen LogP contribution in [0.15, 0.2) is 46.1 Å². The molecule has 1 atom stereocenters. The van der Waals surface area contributed by atoms with Crippen molar-refractivity contribution in [1.29, 1.82) is 0 Å². The van der Waals surface area contributed by atoms with Gasteiger partial charge in [-0.1, -0.05) is 40.5 Å². The molecule has 0 heterocycles. The summed E-state index contributed by atoms with van der Waals surface area (Å²) in [4.78, 5) is 3.90. The fraction of sp³-hybridized carbons (Fsp3) is 0.389. The summed E-state index contributed by atoms with van der Waals surface area (Å²) in [5.74, 6) is 5.41. The van der Waals surface area contributed by atoms with E-state index in [2.05, 4.69) is 15.4 Å². The zero-order valence-electron chi connectivity index (χ0n) is 14.9. The molecule has 0 amide bonds. The number of anilines is 1. The van der Waals surface area contributed by atoms with Gasteiger partial charge in [-0.05, 0) is 43.5 Å². The van der Waals surface area contributed by atoms with Crippen LogP contribution in [0.1, 0.15) is 31.7 Å². The molecule has 0 saturated heterocycles. The summed E-state index contributed by atoms with van der Waals surface area (Å²) in [6.45, 7) is 0.351. The van der Waals surface area contributed by atoms with Gasteiger partial charge >= 0.3 is 6.18 Å². The third-order valence-electron chi connectivity index (χ3n) is 3.85. The quantitative estimate of drug-likeness (QED) is 0.224. The summed E-state index contributed by atoms with van der Waals surface area (Å²) in [6, 6.07) is 4.78. The highest BCUT2D eigenvalue weighted by molar-refractivity contribution is 6.33. The fourth-order valence-corrected chi connectivity index (χ4v) is 3.65.